The van der Waals surface area contributed by atoms with Gasteiger partial charge in [0.1, 0.15) is 0 Å². The predicted octanol–water partition coefficient (Wildman–Crippen LogP) is 6.90. The molecule has 0 aliphatic heterocycles. The molecule has 0 spiro atoms. The Labute approximate surface area is 136 Å². The Balaban J connectivity index is 2.70. The summed E-state index contributed by atoms with van der Waals surface area (Å²) in [5.41, 5.74) is 0.525. The van der Waals surface area contributed by atoms with E-state index in [9.17, 15) is 0 Å². The zero-order chi connectivity index (χ0) is 16.2. The van der Waals surface area contributed by atoms with Crippen molar-refractivity contribution in [1.82, 2.24) is 0 Å². The molecule has 0 nitrogen and oxygen atoms in total. The van der Waals surface area contributed by atoms with Crippen molar-refractivity contribution in [2.24, 2.45) is 10.8 Å². The Morgan fingerprint density at radius 2 is 0.810 bits per heavy atom. The van der Waals surface area contributed by atoms with Gasteiger partial charge < -0.3 is 0 Å². The SMILES string of the molecule is CC(C)(C)[C]1([Zr]([CH3])([CH3])[C]2(C(C)(C)C)C=CC=C2)C=CC=C1. The molecular weight excluding hydrogens is 331 g/mol. The van der Waals surface area contributed by atoms with E-state index in [2.05, 4.69) is 99.4 Å². The summed E-state index contributed by atoms with van der Waals surface area (Å²) in [6.45, 7) is 14.5. The zero-order valence-corrected chi connectivity index (χ0v) is 17.6. The molecule has 0 saturated heterocycles. The first-order valence-electron chi connectivity index (χ1n) is 8.15. The maximum atomic E-state index is 2.66. The Morgan fingerprint density at radius 1 is 0.571 bits per heavy atom. The van der Waals surface area contributed by atoms with Gasteiger partial charge in [0.25, 0.3) is 0 Å². The molecule has 0 aromatic heterocycles. The van der Waals surface area contributed by atoms with Crippen molar-refractivity contribution in [3.05, 3.63) is 48.6 Å². The van der Waals surface area contributed by atoms with E-state index in [0.29, 0.717) is 0 Å². The summed E-state index contributed by atoms with van der Waals surface area (Å²) in [5.74, 6) is 0. The van der Waals surface area contributed by atoms with E-state index < -0.39 is 20.3 Å². The Morgan fingerprint density at radius 3 is 1.00 bits per heavy atom. The molecule has 2 aliphatic carbocycles. The summed E-state index contributed by atoms with van der Waals surface area (Å²) < 4.78 is 5.83. The van der Waals surface area contributed by atoms with Gasteiger partial charge >= 0.3 is 137 Å². The molecule has 0 amide bonds. The van der Waals surface area contributed by atoms with Gasteiger partial charge in [-0.15, -0.1) is 0 Å². The average Bonchev–Trinajstić information content (AvgIpc) is 2.98. The second-order valence-corrected chi connectivity index (χ2v) is 21.4. The van der Waals surface area contributed by atoms with Crippen LogP contribution in [-0.4, -0.2) is 0 Å². The molecule has 21 heavy (non-hydrogen) atoms. The van der Waals surface area contributed by atoms with Gasteiger partial charge in [0, 0.05) is 0 Å². The minimum atomic E-state index is -2.69. The fraction of sp³-hybridized carbons (Fsp3) is 0.600. The second kappa shape index (κ2) is 4.92. The second-order valence-electron chi connectivity index (χ2n) is 9.30. The molecule has 0 fully saturated rings. The predicted molar refractivity (Wildman–Crippen MR) is 92.6 cm³/mol. The number of hydrogen-bond acceptors (Lipinski definition) is 0. The molecule has 0 aromatic rings. The van der Waals surface area contributed by atoms with Crippen molar-refractivity contribution in [2.75, 3.05) is 0 Å². The van der Waals surface area contributed by atoms with Crippen LogP contribution in [0.15, 0.2) is 48.6 Å². The van der Waals surface area contributed by atoms with E-state index in [-0.39, 0.29) is 17.1 Å². The summed E-state index contributed by atoms with van der Waals surface area (Å²) in [4.78, 5) is 0. The standard InChI is InChI=1S/2C9H13.2CH3.Zr/c2*1-9(2,3)8-6-4-5-7-8;;;/h2*4-7H,1-3H3;2*1H3;. The summed E-state index contributed by atoms with van der Waals surface area (Å²) in [5, 5.41) is 0. The van der Waals surface area contributed by atoms with Crippen LogP contribution in [0, 0.1) is 10.8 Å². The molecule has 0 aromatic carbocycles. The monoisotopic (exact) mass is 362 g/mol. The zero-order valence-electron chi connectivity index (χ0n) is 15.1. The fourth-order valence-corrected chi connectivity index (χ4v) is 20.9. The number of rotatable bonds is 2. The van der Waals surface area contributed by atoms with E-state index in [1.54, 1.807) is 0 Å². The molecule has 1 heteroatoms. The van der Waals surface area contributed by atoms with Crippen LogP contribution < -0.4 is 0 Å². The van der Waals surface area contributed by atoms with Crippen LogP contribution in [-0.2, 0) is 20.3 Å². The third kappa shape index (κ3) is 2.18. The van der Waals surface area contributed by atoms with Gasteiger partial charge in [-0.25, -0.2) is 0 Å². The van der Waals surface area contributed by atoms with Crippen LogP contribution in [0.5, 0.6) is 0 Å². The van der Waals surface area contributed by atoms with Gasteiger partial charge in [-0.05, 0) is 0 Å². The Kier molecular flexibility index (Phi) is 4.03. The summed E-state index contributed by atoms with van der Waals surface area (Å²) >= 11 is -2.69. The molecule has 0 heterocycles. The fourth-order valence-electron chi connectivity index (χ4n) is 4.99. The van der Waals surface area contributed by atoms with Crippen molar-refractivity contribution < 1.29 is 20.3 Å². The van der Waals surface area contributed by atoms with E-state index in [0.717, 1.165) is 0 Å². The van der Waals surface area contributed by atoms with Crippen LogP contribution in [0.4, 0.5) is 0 Å². The minimum absolute atomic E-state index is 0.258. The summed E-state index contributed by atoms with van der Waals surface area (Å²) in [6.07, 6.45) is 19.2. The Hall–Kier alpha value is -0.157. The van der Waals surface area contributed by atoms with Crippen LogP contribution in [0.25, 0.3) is 0 Å². The average molecular weight is 364 g/mol. The third-order valence-corrected chi connectivity index (χ3v) is 21.7. The van der Waals surface area contributed by atoms with Crippen molar-refractivity contribution in [3.8, 4) is 0 Å². The first kappa shape index (κ1) is 17.2. The van der Waals surface area contributed by atoms with Crippen LogP contribution in [0.1, 0.15) is 41.5 Å². The number of hydrogen-bond donors (Lipinski definition) is 0. The van der Waals surface area contributed by atoms with Gasteiger partial charge in [-0.3, -0.25) is 0 Å². The molecule has 0 saturated carbocycles. The van der Waals surface area contributed by atoms with E-state index in [4.69, 9.17) is 0 Å². The van der Waals surface area contributed by atoms with Crippen molar-refractivity contribution in [2.45, 2.75) is 57.1 Å². The molecule has 0 radical (unpaired) electrons. The molecule has 2 aliphatic rings. The number of allylic oxidation sites excluding steroid dienone is 8. The molecule has 0 unspecified atom stereocenters. The normalized spacial score (nSPS) is 23.2. The van der Waals surface area contributed by atoms with Crippen LogP contribution in [0.2, 0.25) is 15.5 Å². The topological polar surface area (TPSA) is 0 Å². The quantitative estimate of drug-likeness (QED) is 0.500. The van der Waals surface area contributed by atoms with Crippen LogP contribution in [0.3, 0.4) is 0 Å². The maximum absolute atomic E-state index is 2.69. The van der Waals surface area contributed by atoms with E-state index in [1.807, 2.05) is 0 Å². The summed E-state index contributed by atoms with van der Waals surface area (Å²) in [7, 11) is 0. The van der Waals surface area contributed by atoms with Crippen molar-refractivity contribution in [1.29, 1.82) is 0 Å². The molecule has 2 rings (SSSR count). The molecule has 0 bridgehead atoms. The first-order valence-corrected chi connectivity index (χ1v) is 15.5. The van der Waals surface area contributed by atoms with Crippen molar-refractivity contribution >= 4 is 0 Å². The van der Waals surface area contributed by atoms with Gasteiger partial charge in [-0.1, -0.05) is 0 Å². The van der Waals surface area contributed by atoms with Gasteiger partial charge in [-0.2, -0.15) is 0 Å². The molecule has 0 N–H and O–H groups in total. The van der Waals surface area contributed by atoms with E-state index >= 15 is 0 Å². The van der Waals surface area contributed by atoms with Gasteiger partial charge in [0.2, 0.25) is 0 Å². The summed E-state index contributed by atoms with van der Waals surface area (Å²) in [6, 6.07) is 0. The van der Waals surface area contributed by atoms with E-state index in [1.165, 1.54) is 0 Å². The van der Waals surface area contributed by atoms with Crippen molar-refractivity contribution in [3.63, 3.8) is 0 Å². The van der Waals surface area contributed by atoms with Crippen LogP contribution >= 0.6 is 0 Å². The third-order valence-electron chi connectivity index (χ3n) is 6.21. The van der Waals surface area contributed by atoms with Gasteiger partial charge in [0.05, 0.1) is 0 Å². The van der Waals surface area contributed by atoms with Gasteiger partial charge in [0.15, 0.2) is 0 Å². The Bertz CT molecular complexity index is 455. The molecular formula is C20H32Zr. The first-order chi connectivity index (χ1) is 9.41. The molecule has 0 atom stereocenters. The molecule has 116 valence electrons.